The Balaban J connectivity index is 1.46. The molecule has 2 aromatic rings. The Bertz CT molecular complexity index is 802. The van der Waals surface area contributed by atoms with Crippen molar-refractivity contribution in [3.05, 3.63) is 28.6 Å². The largest absolute Gasteiger partial charge is 0.455 e. The van der Waals surface area contributed by atoms with Crippen LogP contribution in [0.4, 0.5) is 0 Å². The van der Waals surface area contributed by atoms with Crippen LogP contribution in [0, 0.1) is 11.3 Å². The molecule has 136 valence electrons. The average molecular weight is 390 g/mol. The van der Waals surface area contributed by atoms with E-state index in [2.05, 4.69) is 16.4 Å². The van der Waals surface area contributed by atoms with Crippen LogP contribution in [0.25, 0.3) is 9.88 Å². The van der Waals surface area contributed by atoms with Crippen LogP contribution in [0.1, 0.15) is 37.8 Å². The highest BCUT2D eigenvalue weighted by Gasteiger charge is 2.33. The first-order chi connectivity index (χ1) is 12.6. The summed E-state index contributed by atoms with van der Waals surface area (Å²) in [6.07, 6.45) is 4.24. The third-order valence-corrected chi connectivity index (χ3v) is 6.20. The number of nitrogens with one attached hydrogen (secondary N) is 1. The maximum absolute atomic E-state index is 12.0. The molecule has 1 aliphatic rings. The van der Waals surface area contributed by atoms with Crippen LogP contribution >= 0.6 is 22.7 Å². The molecular weight excluding hydrogens is 370 g/mol. The fourth-order valence-corrected chi connectivity index (χ4v) is 4.60. The van der Waals surface area contributed by atoms with E-state index in [1.807, 2.05) is 22.9 Å². The Morgan fingerprint density at radius 2 is 2.12 bits per heavy atom. The highest BCUT2D eigenvalue weighted by molar-refractivity contribution is 7.20. The Morgan fingerprint density at radius 3 is 2.81 bits per heavy atom. The number of hydrogen-bond acceptors (Lipinski definition) is 7. The van der Waals surface area contributed by atoms with Crippen LogP contribution in [-0.4, -0.2) is 29.0 Å². The Labute approximate surface area is 159 Å². The first kappa shape index (κ1) is 18.5. The molecule has 1 amide bonds. The van der Waals surface area contributed by atoms with Crippen LogP contribution in [0.15, 0.2) is 22.9 Å². The summed E-state index contributed by atoms with van der Waals surface area (Å²) in [7, 11) is 0. The zero-order chi connectivity index (χ0) is 18.4. The monoisotopic (exact) mass is 389 g/mol. The van der Waals surface area contributed by atoms with Gasteiger partial charge < -0.3 is 10.1 Å². The summed E-state index contributed by atoms with van der Waals surface area (Å²) in [5, 5.41) is 16.8. The van der Waals surface area contributed by atoms with E-state index >= 15 is 0 Å². The summed E-state index contributed by atoms with van der Waals surface area (Å²) in [5.41, 5.74) is -0.184. The van der Waals surface area contributed by atoms with Crippen LogP contribution in [0.3, 0.4) is 0 Å². The van der Waals surface area contributed by atoms with E-state index in [0.717, 1.165) is 29.1 Å². The summed E-state index contributed by atoms with van der Waals surface area (Å²) in [5.74, 6) is -0.933. The smallest absolute Gasteiger partial charge is 0.312 e. The Hall–Kier alpha value is -2.24. The fourth-order valence-electron chi connectivity index (χ4n) is 2.97. The second-order valence-corrected chi connectivity index (χ2v) is 8.07. The van der Waals surface area contributed by atoms with Crippen molar-refractivity contribution < 1.29 is 14.3 Å². The van der Waals surface area contributed by atoms with Crippen molar-refractivity contribution in [2.75, 3.05) is 6.61 Å². The number of amides is 1. The van der Waals surface area contributed by atoms with Gasteiger partial charge in [-0.2, -0.15) is 5.26 Å². The van der Waals surface area contributed by atoms with Crippen molar-refractivity contribution in [3.63, 3.8) is 0 Å². The first-order valence-corrected chi connectivity index (χ1v) is 10.2. The lowest BCUT2D eigenvalue weighted by atomic mass is 9.83. The van der Waals surface area contributed by atoms with Crippen LogP contribution in [-0.2, 0) is 20.7 Å². The standard InChI is InChI=1S/C18H19N3O3S2/c19-12-18(6-2-1-3-7-18)21-15(22)10-24-16(23)9-13-11-26-17(20-13)14-5-4-8-25-14/h4-5,8,11H,1-3,6-7,9-10H2,(H,21,22). The molecule has 0 bridgehead atoms. The molecule has 2 heterocycles. The molecular formula is C18H19N3O3S2. The fraction of sp³-hybridized carbons (Fsp3) is 0.444. The molecule has 0 spiro atoms. The molecule has 6 nitrogen and oxygen atoms in total. The Kier molecular flexibility index (Phi) is 6.01. The number of ether oxygens (including phenoxy) is 1. The lowest BCUT2D eigenvalue weighted by molar-refractivity contribution is -0.148. The quantitative estimate of drug-likeness (QED) is 0.765. The molecule has 2 aromatic heterocycles. The average Bonchev–Trinajstić information content (AvgIpc) is 3.32. The molecule has 1 fully saturated rings. The topological polar surface area (TPSA) is 92.1 Å². The predicted molar refractivity (Wildman–Crippen MR) is 99.7 cm³/mol. The van der Waals surface area contributed by atoms with Crippen LogP contribution in [0.2, 0.25) is 0 Å². The second-order valence-electron chi connectivity index (χ2n) is 6.26. The lowest BCUT2D eigenvalue weighted by Crippen LogP contribution is -2.50. The molecule has 8 heteroatoms. The molecule has 1 saturated carbocycles. The molecule has 1 aliphatic carbocycles. The van der Waals surface area contributed by atoms with Gasteiger partial charge >= 0.3 is 5.97 Å². The van der Waals surface area contributed by atoms with Gasteiger partial charge in [0.05, 0.1) is 23.1 Å². The molecule has 0 aromatic carbocycles. The summed E-state index contributed by atoms with van der Waals surface area (Å²) >= 11 is 3.07. The van der Waals surface area contributed by atoms with E-state index in [0.29, 0.717) is 18.5 Å². The number of esters is 1. The van der Waals surface area contributed by atoms with Gasteiger partial charge in [-0.05, 0) is 24.3 Å². The van der Waals surface area contributed by atoms with Crippen LogP contribution < -0.4 is 5.32 Å². The minimum Gasteiger partial charge on any atom is -0.455 e. The second kappa shape index (κ2) is 8.43. The van der Waals surface area contributed by atoms with Crippen molar-refractivity contribution in [2.45, 2.75) is 44.1 Å². The van der Waals surface area contributed by atoms with E-state index in [1.54, 1.807) is 11.3 Å². The van der Waals surface area contributed by atoms with Gasteiger partial charge in [0.2, 0.25) is 0 Å². The summed E-state index contributed by atoms with van der Waals surface area (Å²) in [4.78, 5) is 29.5. The van der Waals surface area contributed by atoms with Crippen LogP contribution in [0.5, 0.6) is 0 Å². The van der Waals surface area contributed by atoms with Gasteiger partial charge in [0, 0.05) is 5.38 Å². The van der Waals surface area contributed by atoms with Gasteiger partial charge in [0.15, 0.2) is 6.61 Å². The molecule has 3 rings (SSSR count). The zero-order valence-corrected chi connectivity index (χ0v) is 15.8. The van der Waals surface area contributed by atoms with Crippen molar-refractivity contribution in [1.82, 2.24) is 10.3 Å². The van der Waals surface area contributed by atoms with Gasteiger partial charge in [0.25, 0.3) is 5.91 Å². The summed E-state index contributed by atoms with van der Waals surface area (Å²) in [6.45, 7) is -0.371. The van der Waals surface area contributed by atoms with E-state index in [1.165, 1.54) is 11.3 Å². The number of carbonyl (C=O) groups excluding carboxylic acids is 2. The maximum Gasteiger partial charge on any atom is 0.312 e. The van der Waals surface area contributed by atoms with E-state index in [9.17, 15) is 14.9 Å². The number of thiophene rings is 1. The predicted octanol–water partition coefficient (Wildman–Crippen LogP) is 3.30. The first-order valence-electron chi connectivity index (χ1n) is 8.46. The molecule has 0 atom stereocenters. The number of nitriles is 1. The van der Waals surface area contributed by atoms with Gasteiger partial charge in [-0.1, -0.05) is 25.3 Å². The molecule has 26 heavy (non-hydrogen) atoms. The molecule has 0 aliphatic heterocycles. The summed E-state index contributed by atoms with van der Waals surface area (Å²) < 4.78 is 5.05. The normalized spacial score (nSPS) is 15.8. The number of carbonyl (C=O) groups is 2. The zero-order valence-electron chi connectivity index (χ0n) is 14.2. The number of aromatic nitrogens is 1. The molecule has 1 N–H and O–H groups in total. The SMILES string of the molecule is N#CC1(NC(=O)COC(=O)Cc2csc(-c3cccs3)n2)CCCCC1. The van der Waals surface area contributed by atoms with E-state index in [-0.39, 0.29) is 13.0 Å². The van der Waals surface area contributed by atoms with Crippen molar-refractivity contribution in [2.24, 2.45) is 0 Å². The third kappa shape index (κ3) is 4.68. The van der Waals surface area contributed by atoms with Gasteiger partial charge in [0.1, 0.15) is 10.5 Å². The Morgan fingerprint density at radius 1 is 1.31 bits per heavy atom. The number of thiazole rings is 1. The number of nitrogens with zero attached hydrogens (tertiary/aromatic N) is 2. The minimum absolute atomic E-state index is 0.0263. The number of rotatable bonds is 6. The summed E-state index contributed by atoms with van der Waals surface area (Å²) in [6, 6.07) is 6.14. The van der Waals surface area contributed by atoms with Gasteiger partial charge in [-0.15, -0.1) is 22.7 Å². The maximum atomic E-state index is 12.0. The van der Waals surface area contributed by atoms with Crippen molar-refractivity contribution >= 4 is 34.6 Å². The van der Waals surface area contributed by atoms with E-state index in [4.69, 9.17) is 4.74 Å². The number of hydrogen-bond donors (Lipinski definition) is 1. The third-order valence-electron chi connectivity index (χ3n) is 4.27. The minimum atomic E-state index is -0.813. The molecule has 0 saturated heterocycles. The highest BCUT2D eigenvalue weighted by atomic mass is 32.1. The van der Waals surface area contributed by atoms with Gasteiger partial charge in [-0.25, -0.2) is 4.98 Å². The van der Waals surface area contributed by atoms with E-state index < -0.39 is 17.4 Å². The van der Waals surface area contributed by atoms with Crippen molar-refractivity contribution in [3.8, 4) is 16.0 Å². The lowest BCUT2D eigenvalue weighted by Gasteiger charge is -2.31. The molecule has 0 radical (unpaired) electrons. The molecule has 0 unspecified atom stereocenters. The van der Waals surface area contributed by atoms with Gasteiger partial charge in [-0.3, -0.25) is 9.59 Å². The van der Waals surface area contributed by atoms with Crippen molar-refractivity contribution in [1.29, 1.82) is 5.26 Å². The highest BCUT2D eigenvalue weighted by Crippen LogP contribution is 2.28.